The molecule has 2 aromatic heterocycles. The number of nitrogens with zero attached hydrogens (tertiary/aromatic N) is 4. The van der Waals surface area contributed by atoms with E-state index in [0.717, 1.165) is 0 Å². The Morgan fingerprint density at radius 3 is 2.82 bits per heavy atom. The highest BCUT2D eigenvalue weighted by molar-refractivity contribution is 5.92. The molecule has 0 unspecified atom stereocenters. The number of ether oxygens (including phenoxy) is 1. The van der Waals surface area contributed by atoms with E-state index in [0.29, 0.717) is 22.7 Å². The maximum absolute atomic E-state index is 11.4. The summed E-state index contributed by atoms with van der Waals surface area (Å²) in [6.45, 7) is 0. The second-order valence-electron chi connectivity index (χ2n) is 4.45. The summed E-state index contributed by atoms with van der Waals surface area (Å²) in [5, 5.41) is 17.1. The first kappa shape index (κ1) is 13.7. The first-order valence-corrected chi connectivity index (χ1v) is 6.44. The minimum Gasteiger partial charge on any atom is -0.497 e. The van der Waals surface area contributed by atoms with Crippen molar-refractivity contribution in [3.8, 4) is 22.7 Å². The van der Waals surface area contributed by atoms with E-state index in [1.165, 1.54) is 4.68 Å². The van der Waals surface area contributed by atoms with Crippen molar-refractivity contribution in [2.75, 3.05) is 7.11 Å². The predicted octanol–water partition coefficient (Wildman–Crippen LogP) is 2.04. The third kappa shape index (κ3) is 2.39. The van der Waals surface area contributed by atoms with Gasteiger partial charge in [-0.05, 0) is 24.3 Å². The van der Waals surface area contributed by atoms with Crippen LogP contribution in [-0.2, 0) is 0 Å². The van der Waals surface area contributed by atoms with Crippen molar-refractivity contribution in [2.24, 2.45) is 0 Å². The van der Waals surface area contributed by atoms with Gasteiger partial charge in [-0.15, -0.1) is 5.10 Å². The van der Waals surface area contributed by atoms with Crippen LogP contribution < -0.4 is 4.74 Å². The minimum absolute atomic E-state index is 0.129. The Balaban J connectivity index is 2.22. The van der Waals surface area contributed by atoms with Crippen LogP contribution in [-0.4, -0.2) is 38.2 Å². The van der Waals surface area contributed by atoms with Gasteiger partial charge in [0, 0.05) is 24.0 Å². The van der Waals surface area contributed by atoms with Gasteiger partial charge in [-0.25, -0.2) is 9.48 Å². The number of aromatic nitrogens is 4. The summed E-state index contributed by atoms with van der Waals surface area (Å²) in [5.41, 5.74) is 1.51. The maximum atomic E-state index is 11.4. The summed E-state index contributed by atoms with van der Waals surface area (Å²) < 4.78 is 6.65. The van der Waals surface area contributed by atoms with E-state index in [2.05, 4.69) is 15.3 Å². The number of hydrogen-bond acceptors (Lipinski definition) is 5. The molecular formula is C15H12N4O3. The Morgan fingerprint density at radius 2 is 2.14 bits per heavy atom. The van der Waals surface area contributed by atoms with Gasteiger partial charge in [0.2, 0.25) is 0 Å². The Morgan fingerprint density at radius 1 is 1.27 bits per heavy atom. The fourth-order valence-corrected chi connectivity index (χ4v) is 2.11. The second kappa shape index (κ2) is 5.65. The van der Waals surface area contributed by atoms with Crippen molar-refractivity contribution >= 4 is 5.97 Å². The lowest BCUT2D eigenvalue weighted by Crippen LogP contribution is -2.03. The molecule has 0 atom stereocenters. The van der Waals surface area contributed by atoms with E-state index in [1.807, 2.05) is 0 Å². The Kier molecular flexibility index (Phi) is 3.53. The van der Waals surface area contributed by atoms with Gasteiger partial charge in [-0.1, -0.05) is 11.3 Å². The molecule has 3 rings (SSSR count). The van der Waals surface area contributed by atoms with Crippen molar-refractivity contribution in [1.29, 1.82) is 0 Å². The first-order chi connectivity index (χ1) is 10.7. The van der Waals surface area contributed by atoms with Crippen LogP contribution in [0.3, 0.4) is 0 Å². The van der Waals surface area contributed by atoms with E-state index in [4.69, 9.17) is 4.74 Å². The van der Waals surface area contributed by atoms with E-state index in [9.17, 15) is 9.90 Å². The minimum atomic E-state index is -1.15. The highest BCUT2D eigenvalue weighted by atomic mass is 16.5. The number of carboxylic acid groups (broad SMARTS) is 1. The molecule has 7 heteroatoms. The molecule has 0 radical (unpaired) electrons. The van der Waals surface area contributed by atoms with Crippen LogP contribution in [0, 0.1) is 0 Å². The van der Waals surface area contributed by atoms with E-state index in [1.54, 1.807) is 55.9 Å². The van der Waals surface area contributed by atoms with E-state index in [-0.39, 0.29) is 5.69 Å². The van der Waals surface area contributed by atoms with Crippen molar-refractivity contribution in [3.05, 3.63) is 54.5 Å². The molecule has 1 N–H and O–H groups in total. The zero-order valence-corrected chi connectivity index (χ0v) is 11.7. The summed E-state index contributed by atoms with van der Waals surface area (Å²) in [4.78, 5) is 15.4. The number of aromatic carboxylic acids is 1. The molecule has 0 saturated carbocycles. The number of benzene rings is 1. The average molecular weight is 296 g/mol. The standard InChI is InChI=1S/C15H12N4O3/c1-22-12-6-2-5-11(8-12)19-14(10-4-3-7-16-9-10)13(15(20)21)17-18-19/h2-9H,1H3,(H,20,21). The lowest BCUT2D eigenvalue weighted by Gasteiger charge is -2.08. The molecule has 0 bridgehead atoms. The van der Waals surface area contributed by atoms with Crippen molar-refractivity contribution in [2.45, 2.75) is 0 Å². The second-order valence-corrected chi connectivity index (χ2v) is 4.45. The Labute approximate surface area is 125 Å². The monoisotopic (exact) mass is 296 g/mol. The van der Waals surface area contributed by atoms with Crippen LogP contribution in [0.25, 0.3) is 16.9 Å². The Bertz CT molecular complexity index is 815. The zero-order chi connectivity index (χ0) is 15.5. The van der Waals surface area contributed by atoms with Gasteiger partial charge in [0.25, 0.3) is 0 Å². The zero-order valence-electron chi connectivity index (χ0n) is 11.7. The van der Waals surface area contributed by atoms with Gasteiger partial charge in [0.15, 0.2) is 5.69 Å². The molecule has 0 aliphatic heterocycles. The normalized spacial score (nSPS) is 10.4. The summed E-state index contributed by atoms with van der Waals surface area (Å²) in [6.07, 6.45) is 3.19. The molecule has 2 heterocycles. The summed E-state index contributed by atoms with van der Waals surface area (Å²) in [7, 11) is 1.56. The van der Waals surface area contributed by atoms with Crippen molar-refractivity contribution in [1.82, 2.24) is 20.0 Å². The lowest BCUT2D eigenvalue weighted by atomic mass is 10.1. The molecule has 110 valence electrons. The van der Waals surface area contributed by atoms with E-state index >= 15 is 0 Å². The molecule has 3 aromatic rings. The molecule has 0 spiro atoms. The third-order valence-electron chi connectivity index (χ3n) is 3.11. The quantitative estimate of drug-likeness (QED) is 0.792. The molecule has 22 heavy (non-hydrogen) atoms. The lowest BCUT2D eigenvalue weighted by molar-refractivity contribution is 0.0691. The first-order valence-electron chi connectivity index (χ1n) is 6.44. The molecule has 7 nitrogen and oxygen atoms in total. The SMILES string of the molecule is COc1cccc(-n2nnc(C(=O)O)c2-c2cccnc2)c1. The molecule has 0 saturated heterocycles. The molecule has 0 amide bonds. The van der Waals surface area contributed by atoms with Crippen LogP contribution in [0.5, 0.6) is 5.75 Å². The van der Waals surface area contributed by atoms with Crippen LogP contribution >= 0.6 is 0 Å². The topological polar surface area (TPSA) is 90.1 Å². The fraction of sp³-hybridized carbons (Fsp3) is 0.0667. The highest BCUT2D eigenvalue weighted by Gasteiger charge is 2.21. The average Bonchev–Trinajstić information content (AvgIpc) is 3.01. The number of pyridine rings is 1. The summed E-state index contributed by atoms with van der Waals surface area (Å²) in [5.74, 6) is -0.505. The van der Waals surface area contributed by atoms with Crippen molar-refractivity contribution < 1.29 is 14.6 Å². The van der Waals surface area contributed by atoms with Gasteiger partial charge in [-0.3, -0.25) is 4.98 Å². The fourth-order valence-electron chi connectivity index (χ4n) is 2.11. The van der Waals surface area contributed by atoms with Crippen LogP contribution in [0.15, 0.2) is 48.8 Å². The summed E-state index contributed by atoms with van der Waals surface area (Å²) >= 11 is 0. The van der Waals surface area contributed by atoms with Crippen LogP contribution in [0.4, 0.5) is 0 Å². The predicted molar refractivity (Wildman–Crippen MR) is 78.1 cm³/mol. The largest absolute Gasteiger partial charge is 0.497 e. The van der Waals surface area contributed by atoms with Gasteiger partial charge < -0.3 is 9.84 Å². The number of carbonyl (C=O) groups is 1. The van der Waals surface area contributed by atoms with Crippen LogP contribution in [0.1, 0.15) is 10.5 Å². The Hall–Kier alpha value is -3.22. The van der Waals surface area contributed by atoms with Crippen LogP contribution in [0.2, 0.25) is 0 Å². The maximum Gasteiger partial charge on any atom is 0.358 e. The van der Waals surface area contributed by atoms with Crippen molar-refractivity contribution in [3.63, 3.8) is 0 Å². The van der Waals surface area contributed by atoms with Gasteiger partial charge in [0.05, 0.1) is 12.8 Å². The third-order valence-corrected chi connectivity index (χ3v) is 3.11. The highest BCUT2D eigenvalue weighted by Crippen LogP contribution is 2.26. The molecule has 0 aliphatic carbocycles. The summed E-state index contributed by atoms with van der Waals surface area (Å²) in [6, 6.07) is 10.6. The van der Waals surface area contributed by atoms with Gasteiger partial charge in [0.1, 0.15) is 11.4 Å². The molecule has 0 fully saturated rings. The smallest absolute Gasteiger partial charge is 0.358 e. The number of methoxy groups -OCH3 is 1. The molecule has 1 aromatic carbocycles. The van der Waals surface area contributed by atoms with E-state index < -0.39 is 5.97 Å². The van der Waals surface area contributed by atoms with Gasteiger partial charge >= 0.3 is 5.97 Å². The number of rotatable bonds is 4. The van der Waals surface area contributed by atoms with Gasteiger partial charge in [-0.2, -0.15) is 0 Å². The number of hydrogen-bond donors (Lipinski definition) is 1. The molecular weight excluding hydrogens is 284 g/mol. The molecule has 0 aliphatic rings. The number of carboxylic acids is 1.